The van der Waals surface area contributed by atoms with Crippen molar-refractivity contribution in [3.63, 3.8) is 0 Å². The van der Waals surface area contributed by atoms with E-state index in [0.29, 0.717) is 17.1 Å². The summed E-state index contributed by atoms with van der Waals surface area (Å²) in [6, 6.07) is 4.60. The molecule has 0 bridgehead atoms. The number of benzene rings is 1. The smallest absolute Gasteiger partial charge is 0.275 e. The van der Waals surface area contributed by atoms with Crippen LogP contribution < -0.4 is 5.73 Å². The Hall–Kier alpha value is -1.92. The molecule has 1 aromatic carbocycles. The SMILES string of the molecule is NCc1cnn(Cc2c(Cl)cccc2[N+](=O)[O-])c1. The van der Waals surface area contributed by atoms with Crippen molar-refractivity contribution in [1.29, 1.82) is 0 Å². The molecule has 2 aromatic rings. The highest BCUT2D eigenvalue weighted by Gasteiger charge is 2.17. The summed E-state index contributed by atoms with van der Waals surface area (Å²) < 4.78 is 1.58. The lowest BCUT2D eigenvalue weighted by molar-refractivity contribution is -0.385. The number of nitro groups is 1. The van der Waals surface area contributed by atoms with E-state index in [1.807, 2.05) is 0 Å². The van der Waals surface area contributed by atoms with E-state index in [1.54, 1.807) is 29.2 Å². The number of nitrogens with two attached hydrogens (primary N) is 1. The van der Waals surface area contributed by atoms with Crippen molar-refractivity contribution in [3.05, 3.63) is 56.9 Å². The first kappa shape index (κ1) is 12.5. The summed E-state index contributed by atoms with van der Waals surface area (Å²) >= 11 is 5.99. The minimum Gasteiger partial charge on any atom is -0.326 e. The van der Waals surface area contributed by atoms with Crippen molar-refractivity contribution in [1.82, 2.24) is 9.78 Å². The van der Waals surface area contributed by atoms with E-state index < -0.39 is 4.92 Å². The van der Waals surface area contributed by atoms with Gasteiger partial charge in [-0.3, -0.25) is 14.8 Å². The van der Waals surface area contributed by atoms with Crippen LogP contribution >= 0.6 is 11.6 Å². The van der Waals surface area contributed by atoms with Crippen molar-refractivity contribution in [2.75, 3.05) is 0 Å². The third-order valence-corrected chi connectivity index (χ3v) is 2.89. The largest absolute Gasteiger partial charge is 0.326 e. The quantitative estimate of drug-likeness (QED) is 0.677. The molecule has 0 spiro atoms. The molecule has 2 rings (SSSR count). The van der Waals surface area contributed by atoms with E-state index in [4.69, 9.17) is 17.3 Å². The van der Waals surface area contributed by atoms with Gasteiger partial charge in [0.25, 0.3) is 5.69 Å². The van der Waals surface area contributed by atoms with Crippen LogP contribution in [-0.2, 0) is 13.1 Å². The van der Waals surface area contributed by atoms with Gasteiger partial charge in [0.2, 0.25) is 0 Å². The molecule has 0 fully saturated rings. The highest BCUT2D eigenvalue weighted by Crippen LogP contribution is 2.26. The second kappa shape index (κ2) is 5.16. The van der Waals surface area contributed by atoms with Crippen LogP contribution in [0.1, 0.15) is 11.1 Å². The van der Waals surface area contributed by atoms with Crippen LogP contribution in [0, 0.1) is 10.1 Å². The topological polar surface area (TPSA) is 87.0 Å². The Bertz CT molecular complexity index is 582. The molecule has 0 aliphatic rings. The summed E-state index contributed by atoms with van der Waals surface area (Å²) in [5.41, 5.74) is 6.78. The number of nitro benzene ring substituents is 1. The van der Waals surface area contributed by atoms with Crippen molar-refractivity contribution < 1.29 is 4.92 Å². The Morgan fingerprint density at radius 2 is 2.28 bits per heavy atom. The zero-order valence-electron chi connectivity index (χ0n) is 9.41. The Kier molecular flexibility index (Phi) is 3.59. The van der Waals surface area contributed by atoms with Gasteiger partial charge in [0.1, 0.15) is 0 Å². The lowest BCUT2D eigenvalue weighted by Crippen LogP contribution is -2.04. The second-order valence-electron chi connectivity index (χ2n) is 3.74. The molecule has 7 heteroatoms. The maximum absolute atomic E-state index is 10.9. The summed E-state index contributed by atoms with van der Waals surface area (Å²) in [5.74, 6) is 0. The Morgan fingerprint density at radius 1 is 1.50 bits per heavy atom. The van der Waals surface area contributed by atoms with Crippen molar-refractivity contribution in [2.24, 2.45) is 5.73 Å². The molecule has 0 aliphatic heterocycles. The Morgan fingerprint density at radius 3 is 2.89 bits per heavy atom. The minimum absolute atomic E-state index is 0.00713. The Labute approximate surface area is 108 Å². The number of rotatable bonds is 4. The molecule has 94 valence electrons. The molecule has 18 heavy (non-hydrogen) atoms. The molecule has 0 saturated heterocycles. The molecule has 0 aliphatic carbocycles. The van der Waals surface area contributed by atoms with Crippen LogP contribution in [0.3, 0.4) is 0 Å². The maximum Gasteiger partial charge on any atom is 0.275 e. The average molecular weight is 267 g/mol. The average Bonchev–Trinajstić information content (AvgIpc) is 2.79. The predicted molar refractivity (Wildman–Crippen MR) is 67.3 cm³/mol. The van der Waals surface area contributed by atoms with E-state index in [0.717, 1.165) is 5.56 Å². The highest BCUT2D eigenvalue weighted by atomic mass is 35.5. The first-order valence-electron chi connectivity index (χ1n) is 5.25. The van der Waals surface area contributed by atoms with Gasteiger partial charge >= 0.3 is 0 Å². The van der Waals surface area contributed by atoms with Crippen LogP contribution in [0.5, 0.6) is 0 Å². The maximum atomic E-state index is 10.9. The monoisotopic (exact) mass is 266 g/mol. The van der Waals surface area contributed by atoms with Crippen LogP contribution in [-0.4, -0.2) is 14.7 Å². The lowest BCUT2D eigenvalue weighted by Gasteiger charge is -2.05. The van der Waals surface area contributed by atoms with Gasteiger partial charge in [-0.25, -0.2) is 0 Å². The van der Waals surface area contributed by atoms with Gasteiger partial charge in [0.15, 0.2) is 0 Å². The Balaban J connectivity index is 2.36. The summed E-state index contributed by atoms with van der Waals surface area (Å²) in [7, 11) is 0. The molecule has 0 saturated carbocycles. The van der Waals surface area contributed by atoms with Crippen LogP contribution in [0.25, 0.3) is 0 Å². The minimum atomic E-state index is -0.450. The van der Waals surface area contributed by atoms with E-state index in [-0.39, 0.29) is 12.2 Å². The summed E-state index contributed by atoms with van der Waals surface area (Å²) in [6.07, 6.45) is 3.37. The molecule has 1 aromatic heterocycles. The predicted octanol–water partition coefficient (Wildman–Crippen LogP) is 1.95. The fraction of sp³-hybridized carbons (Fsp3) is 0.182. The number of halogens is 1. The molecular weight excluding hydrogens is 256 g/mol. The number of aromatic nitrogens is 2. The summed E-state index contributed by atoms with van der Waals surface area (Å²) in [4.78, 5) is 10.5. The van der Waals surface area contributed by atoms with E-state index in [2.05, 4.69) is 5.10 Å². The normalized spacial score (nSPS) is 10.6. The molecule has 0 atom stereocenters. The van der Waals surface area contributed by atoms with Gasteiger partial charge in [-0.2, -0.15) is 5.10 Å². The summed E-state index contributed by atoms with van der Waals surface area (Å²) in [6.45, 7) is 0.626. The summed E-state index contributed by atoms with van der Waals surface area (Å²) in [5, 5.41) is 15.4. The van der Waals surface area contributed by atoms with E-state index in [9.17, 15) is 10.1 Å². The van der Waals surface area contributed by atoms with E-state index >= 15 is 0 Å². The molecule has 0 unspecified atom stereocenters. The number of hydrogen-bond donors (Lipinski definition) is 1. The van der Waals surface area contributed by atoms with Crippen molar-refractivity contribution in [2.45, 2.75) is 13.1 Å². The van der Waals surface area contributed by atoms with E-state index in [1.165, 1.54) is 6.07 Å². The standard InChI is InChI=1S/C11H11ClN4O2/c12-10-2-1-3-11(16(17)18)9(10)7-15-6-8(4-13)5-14-15/h1-3,5-6H,4,7,13H2. The zero-order chi connectivity index (χ0) is 13.1. The first-order chi connectivity index (χ1) is 8.61. The lowest BCUT2D eigenvalue weighted by atomic mass is 10.2. The van der Waals surface area contributed by atoms with Crippen LogP contribution in [0.15, 0.2) is 30.6 Å². The van der Waals surface area contributed by atoms with Crippen LogP contribution in [0.4, 0.5) is 5.69 Å². The fourth-order valence-electron chi connectivity index (χ4n) is 1.64. The zero-order valence-corrected chi connectivity index (χ0v) is 10.2. The second-order valence-corrected chi connectivity index (χ2v) is 4.15. The van der Waals surface area contributed by atoms with Gasteiger partial charge in [-0.15, -0.1) is 0 Å². The van der Waals surface area contributed by atoms with Crippen molar-refractivity contribution >= 4 is 17.3 Å². The van der Waals surface area contributed by atoms with Gasteiger partial charge < -0.3 is 5.73 Å². The highest BCUT2D eigenvalue weighted by molar-refractivity contribution is 6.31. The van der Waals surface area contributed by atoms with Crippen LogP contribution in [0.2, 0.25) is 5.02 Å². The molecule has 0 radical (unpaired) electrons. The first-order valence-corrected chi connectivity index (χ1v) is 5.63. The van der Waals surface area contributed by atoms with Gasteiger partial charge in [-0.05, 0) is 6.07 Å². The van der Waals surface area contributed by atoms with Crippen molar-refractivity contribution in [3.8, 4) is 0 Å². The molecule has 2 N–H and O–H groups in total. The van der Waals surface area contributed by atoms with Gasteiger partial charge in [0, 0.05) is 24.4 Å². The third kappa shape index (κ3) is 2.49. The molecule has 0 amide bonds. The third-order valence-electron chi connectivity index (χ3n) is 2.53. The molecule has 1 heterocycles. The number of hydrogen-bond acceptors (Lipinski definition) is 4. The molecule has 6 nitrogen and oxygen atoms in total. The van der Waals surface area contributed by atoms with Gasteiger partial charge in [-0.1, -0.05) is 17.7 Å². The molecular formula is C11H11ClN4O2. The van der Waals surface area contributed by atoms with Gasteiger partial charge in [0.05, 0.1) is 28.3 Å². The fourth-order valence-corrected chi connectivity index (χ4v) is 1.86. The number of nitrogens with zero attached hydrogens (tertiary/aromatic N) is 3.